The predicted molar refractivity (Wildman–Crippen MR) is 146 cm³/mol. The maximum absolute atomic E-state index is 11.8. The molecule has 0 aliphatic carbocycles. The fraction of sp³-hybridized carbons (Fsp3) is 0.273. The molecule has 12 nitrogen and oxygen atoms in total. The zero-order valence-corrected chi connectivity index (χ0v) is 24.9. The molecule has 4 aromatic rings. The van der Waals surface area contributed by atoms with Gasteiger partial charge in [0.15, 0.2) is 0 Å². The number of halogens is 1. The van der Waals surface area contributed by atoms with Crippen molar-refractivity contribution in [1.82, 2.24) is 9.44 Å². The highest BCUT2D eigenvalue weighted by atomic mass is 32.2. The van der Waals surface area contributed by atoms with Gasteiger partial charge in [0.2, 0.25) is 54.2 Å². The van der Waals surface area contributed by atoms with Gasteiger partial charge in [-0.25, -0.2) is 26.3 Å². The first-order chi connectivity index (χ1) is 18.5. The number of sulfonamides is 2. The maximum atomic E-state index is 11.8. The summed E-state index contributed by atoms with van der Waals surface area (Å²) in [4.78, 5) is 23.6. The standard InChI is InChI=1S/2C11H12N2O3S2.BFO2/c2*1-8(11(14)12-18(2,15)16)13-7-17-10-6-4-3-5-9(10)13;2-1(3)4/h2*3-8H,1-2H3;/q;;-2/p+2. The molecule has 2 N–H and O–H groups in total. The summed E-state index contributed by atoms with van der Waals surface area (Å²) in [5.74, 6) is -1.07. The summed E-state index contributed by atoms with van der Waals surface area (Å²) in [5.41, 5.74) is 5.46. The molecule has 0 saturated heterocycles. The minimum atomic E-state index is -3.52. The van der Waals surface area contributed by atoms with Gasteiger partial charge in [-0.1, -0.05) is 46.9 Å². The van der Waals surface area contributed by atoms with Crippen LogP contribution in [0.4, 0.5) is 4.32 Å². The molecule has 18 heteroatoms. The van der Waals surface area contributed by atoms with Crippen molar-refractivity contribution in [1.29, 1.82) is 0 Å². The van der Waals surface area contributed by atoms with Crippen molar-refractivity contribution in [2.45, 2.75) is 25.9 Å². The zero-order chi connectivity index (χ0) is 30.3. The highest BCUT2D eigenvalue weighted by molar-refractivity contribution is 7.89. The first-order valence-corrected chi connectivity index (χ1v) is 16.8. The Morgan fingerprint density at radius 2 is 1.07 bits per heavy atom. The summed E-state index contributed by atoms with van der Waals surface area (Å²) in [7, 11) is -10.2. The molecule has 2 heterocycles. The van der Waals surface area contributed by atoms with Crippen LogP contribution in [0.2, 0.25) is 0 Å². The molecule has 2 atom stereocenters. The Morgan fingerprint density at radius 3 is 1.38 bits per heavy atom. The van der Waals surface area contributed by atoms with Gasteiger partial charge >= 0.3 is 11.8 Å². The van der Waals surface area contributed by atoms with E-state index in [1.807, 2.05) is 69.0 Å². The van der Waals surface area contributed by atoms with Crippen LogP contribution >= 0.6 is 22.7 Å². The Labute approximate surface area is 239 Å². The molecule has 40 heavy (non-hydrogen) atoms. The summed E-state index contributed by atoms with van der Waals surface area (Å²) >= 11 is 3.02. The maximum Gasteiger partial charge on any atom is 0.302 e. The van der Waals surface area contributed by atoms with Crippen LogP contribution < -0.4 is 28.6 Å². The second kappa shape index (κ2) is 14.0. The molecule has 2 aromatic heterocycles. The van der Waals surface area contributed by atoms with E-state index in [4.69, 9.17) is 10.0 Å². The van der Waals surface area contributed by atoms with Crippen LogP contribution in [0.1, 0.15) is 25.9 Å². The number of hydrogen-bond donors (Lipinski definition) is 2. The van der Waals surface area contributed by atoms with Crippen molar-refractivity contribution >= 4 is 82.4 Å². The van der Waals surface area contributed by atoms with E-state index in [2.05, 4.69) is 0 Å². The summed E-state index contributed by atoms with van der Waals surface area (Å²) in [6.45, 7) is 3.33. The molecule has 2 aromatic carbocycles. The van der Waals surface area contributed by atoms with Crippen LogP contribution in [0, 0.1) is 0 Å². The highest BCUT2D eigenvalue weighted by Gasteiger charge is 2.28. The number of benzene rings is 2. The van der Waals surface area contributed by atoms with Crippen LogP contribution in [0.3, 0.4) is 0 Å². The lowest BCUT2D eigenvalue weighted by Crippen LogP contribution is -2.47. The van der Waals surface area contributed by atoms with Crippen LogP contribution in [0.5, 0.6) is 0 Å². The average molecular weight is 633 g/mol. The van der Waals surface area contributed by atoms with Gasteiger partial charge in [-0.2, -0.15) is 9.13 Å². The molecular formula is C22H26BFN4O8S4. The number of hydrogen-bond acceptors (Lipinski definition) is 10. The quantitative estimate of drug-likeness (QED) is 0.207. The predicted octanol–water partition coefficient (Wildman–Crippen LogP) is -0.687. The summed E-state index contributed by atoms with van der Waals surface area (Å²) in [6, 6.07) is 14.2. The number of rotatable bonds is 6. The number of fused-ring (bicyclic) bond motifs is 2. The molecule has 4 rings (SSSR count). The molecule has 0 fully saturated rings. The molecule has 0 aliphatic rings. The largest absolute Gasteiger partial charge is 0.867 e. The monoisotopic (exact) mass is 632 g/mol. The molecule has 0 aliphatic heterocycles. The lowest BCUT2D eigenvalue weighted by molar-refractivity contribution is -0.676. The lowest BCUT2D eigenvalue weighted by atomic mass is 10.3. The minimum Gasteiger partial charge on any atom is -0.867 e. The van der Waals surface area contributed by atoms with Gasteiger partial charge in [0.25, 0.3) is 0 Å². The Kier molecular flexibility index (Phi) is 11.7. The highest BCUT2D eigenvalue weighted by Crippen LogP contribution is 2.18. The first kappa shape index (κ1) is 33.2. The van der Waals surface area contributed by atoms with E-state index in [0.29, 0.717) is 0 Å². The number of thiazole rings is 2. The zero-order valence-electron chi connectivity index (χ0n) is 21.7. The van der Waals surface area contributed by atoms with Gasteiger partial charge in [-0.05, 0) is 12.1 Å². The van der Waals surface area contributed by atoms with Crippen LogP contribution in [-0.4, -0.2) is 48.6 Å². The minimum absolute atomic E-state index is 0.536. The fourth-order valence-corrected chi connectivity index (χ4v) is 6.29. The second-order valence-corrected chi connectivity index (χ2v) is 13.6. The summed E-state index contributed by atoms with van der Waals surface area (Å²) in [5, 5.41) is 16.6. The van der Waals surface area contributed by atoms with E-state index in [9.17, 15) is 30.7 Å². The third-order valence-corrected chi connectivity index (χ3v) is 8.05. The molecule has 0 spiro atoms. The van der Waals surface area contributed by atoms with Gasteiger partial charge in [-0.15, -0.1) is 0 Å². The van der Waals surface area contributed by atoms with Gasteiger partial charge in [-0.3, -0.25) is 9.59 Å². The molecular weight excluding hydrogens is 606 g/mol. The Hall–Kier alpha value is -3.03. The SMILES string of the molecule is CC(C(=O)NS(C)(=O)=O)[n+]1csc2ccccc21.CC(C(=O)NS(C)(=O)=O)[n+]1csc2ccccc21.[O-]B([O-])F. The Balaban J connectivity index is 0.000000247. The number of amides is 2. The first-order valence-electron chi connectivity index (χ1n) is 11.2. The molecule has 2 unspecified atom stereocenters. The number of carbonyl (C=O) groups excluding carboxylic acids is 2. The normalized spacial score (nSPS) is 12.8. The third-order valence-electron chi connectivity index (χ3n) is 5.04. The fourth-order valence-electron chi connectivity index (χ4n) is 3.27. The van der Waals surface area contributed by atoms with Gasteiger partial charge in [0.1, 0.15) is 16.8 Å². The van der Waals surface area contributed by atoms with E-state index in [1.165, 1.54) is 22.7 Å². The summed E-state index contributed by atoms with van der Waals surface area (Å²) in [6.07, 6.45) is 1.93. The number of nitrogens with zero attached hydrogens (tertiary/aromatic N) is 2. The van der Waals surface area contributed by atoms with Crippen molar-refractivity contribution < 1.29 is 49.9 Å². The van der Waals surface area contributed by atoms with E-state index in [1.54, 1.807) is 23.0 Å². The van der Waals surface area contributed by atoms with Crippen LogP contribution in [0.15, 0.2) is 59.6 Å². The van der Waals surface area contributed by atoms with Gasteiger partial charge < -0.3 is 14.4 Å². The Bertz CT molecular complexity index is 1570. The van der Waals surface area contributed by atoms with Crippen molar-refractivity contribution in [3.05, 3.63) is 59.6 Å². The Morgan fingerprint density at radius 1 is 0.775 bits per heavy atom. The van der Waals surface area contributed by atoms with Gasteiger partial charge in [0.05, 0.1) is 12.5 Å². The number of aromatic nitrogens is 2. The number of carbonyl (C=O) groups is 2. The van der Waals surface area contributed by atoms with Crippen molar-refractivity contribution in [3.63, 3.8) is 0 Å². The van der Waals surface area contributed by atoms with E-state index < -0.39 is 51.3 Å². The van der Waals surface area contributed by atoms with Crippen LogP contribution in [-0.2, 0) is 29.6 Å². The molecule has 216 valence electrons. The smallest absolute Gasteiger partial charge is 0.302 e. The number of nitrogens with one attached hydrogen (secondary N) is 2. The molecule has 2 amide bonds. The van der Waals surface area contributed by atoms with Gasteiger partial charge in [0, 0.05) is 26.0 Å². The molecule has 0 saturated carbocycles. The van der Waals surface area contributed by atoms with E-state index in [-0.39, 0.29) is 0 Å². The summed E-state index contributed by atoms with van der Waals surface area (Å²) < 4.78 is 63.7. The topological polar surface area (TPSA) is 180 Å². The van der Waals surface area contributed by atoms with Crippen molar-refractivity contribution in [2.75, 3.05) is 12.5 Å². The third kappa shape index (κ3) is 10.2. The van der Waals surface area contributed by atoms with Crippen molar-refractivity contribution in [3.8, 4) is 0 Å². The molecule has 0 radical (unpaired) electrons. The lowest BCUT2D eigenvalue weighted by Gasteiger charge is -2.09. The average Bonchev–Trinajstić information content (AvgIpc) is 3.45. The van der Waals surface area contributed by atoms with E-state index >= 15 is 0 Å². The van der Waals surface area contributed by atoms with Crippen LogP contribution in [0.25, 0.3) is 20.4 Å². The second-order valence-electron chi connectivity index (χ2n) is 8.30. The number of para-hydroxylation sites is 2. The molecule has 0 bridgehead atoms. The van der Waals surface area contributed by atoms with Crippen molar-refractivity contribution in [2.24, 2.45) is 0 Å². The van der Waals surface area contributed by atoms with E-state index in [0.717, 1.165) is 32.9 Å².